The van der Waals surface area contributed by atoms with Crippen LogP contribution in [0.4, 0.5) is 18.0 Å². The molecule has 0 bridgehead atoms. The Bertz CT molecular complexity index is 604. The van der Waals surface area contributed by atoms with Crippen molar-refractivity contribution >= 4 is 12.0 Å². The van der Waals surface area contributed by atoms with Gasteiger partial charge in [-0.1, -0.05) is 18.2 Å². The van der Waals surface area contributed by atoms with Gasteiger partial charge < -0.3 is 15.4 Å². The Labute approximate surface area is 137 Å². The molecular weight excluding hydrogens is 325 g/mol. The van der Waals surface area contributed by atoms with Gasteiger partial charge in [0, 0.05) is 6.54 Å². The Kier molecular flexibility index (Phi) is 5.69. The van der Waals surface area contributed by atoms with Crippen molar-refractivity contribution in [3.63, 3.8) is 0 Å². The first-order valence-electron chi connectivity index (χ1n) is 7.69. The van der Waals surface area contributed by atoms with Gasteiger partial charge in [0.05, 0.1) is 18.0 Å². The van der Waals surface area contributed by atoms with E-state index in [1.807, 2.05) is 0 Å². The number of esters is 1. The van der Waals surface area contributed by atoms with E-state index in [0.717, 1.165) is 6.07 Å². The van der Waals surface area contributed by atoms with Gasteiger partial charge in [-0.05, 0) is 30.9 Å². The zero-order valence-corrected chi connectivity index (χ0v) is 13.2. The SMILES string of the molecule is CCNC(=O)NCCOC(=O)C1CC1c1ccccc1C(F)(F)F. The predicted octanol–water partition coefficient (Wildman–Crippen LogP) is 2.67. The molecule has 0 saturated heterocycles. The van der Waals surface area contributed by atoms with E-state index in [4.69, 9.17) is 4.74 Å². The van der Waals surface area contributed by atoms with Gasteiger partial charge in [-0.2, -0.15) is 13.2 Å². The number of amides is 2. The van der Waals surface area contributed by atoms with Crippen molar-refractivity contribution in [1.29, 1.82) is 0 Å². The fraction of sp³-hybridized carbons (Fsp3) is 0.500. The summed E-state index contributed by atoms with van der Waals surface area (Å²) in [7, 11) is 0. The van der Waals surface area contributed by atoms with Gasteiger partial charge in [-0.15, -0.1) is 0 Å². The minimum atomic E-state index is -4.44. The van der Waals surface area contributed by atoms with E-state index in [0.29, 0.717) is 13.0 Å². The molecule has 0 spiro atoms. The highest BCUT2D eigenvalue weighted by atomic mass is 19.4. The largest absolute Gasteiger partial charge is 0.464 e. The minimum Gasteiger partial charge on any atom is -0.464 e. The van der Waals surface area contributed by atoms with Crippen LogP contribution in [-0.2, 0) is 15.7 Å². The lowest BCUT2D eigenvalue weighted by Crippen LogP contribution is -2.37. The maximum absolute atomic E-state index is 13.0. The van der Waals surface area contributed by atoms with Crippen LogP contribution in [0.15, 0.2) is 24.3 Å². The Morgan fingerprint density at radius 1 is 1.25 bits per heavy atom. The molecule has 2 N–H and O–H groups in total. The van der Waals surface area contributed by atoms with E-state index in [-0.39, 0.29) is 24.7 Å². The quantitative estimate of drug-likeness (QED) is 0.616. The number of rotatable bonds is 6. The van der Waals surface area contributed by atoms with Crippen LogP contribution in [0.25, 0.3) is 0 Å². The molecule has 0 aliphatic heterocycles. The molecule has 0 heterocycles. The summed E-state index contributed by atoms with van der Waals surface area (Å²) in [5, 5.41) is 5.01. The van der Waals surface area contributed by atoms with Crippen LogP contribution in [0.1, 0.15) is 30.4 Å². The molecular formula is C16H19F3N2O3. The molecule has 1 aliphatic carbocycles. The van der Waals surface area contributed by atoms with E-state index in [2.05, 4.69) is 10.6 Å². The standard InChI is InChI=1S/C16H19F3N2O3/c1-2-20-15(23)21-7-8-24-14(22)12-9-11(12)10-5-3-4-6-13(10)16(17,18)19/h3-6,11-12H,2,7-9H2,1H3,(H2,20,21,23). The number of urea groups is 1. The third-order valence-electron chi connectivity index (χ3n) is 3.73. The third-order valence-corrected chi connectivity index (χ3v) is 3.73. The van der Waals surface area contributed by atoms with E-state index < -0.39 is 29.5 Å². The number of ether oxygens (including phenoxy) is 1. The molecule has 2 amide bonds. The monoisotopic (exact) mass is 344 g/mol. The van der Waals surface area contributed by atoms with Gasteiger partial charge >= 0.3 is 18.2 Å². The van der Waals surface area contributed by atoms with Crippen LogP contribution in [0.2, 0.25) is 0 Å². The Morgan fingerprint density at radius 2 is 1.96 bits per heavy atom. The molecule has 2 rings (SSSR count). The molecule has 0 aromatic heterocycles. The van der Waals surface area contributed by atoms with Gasteiger partial charge in [-0.25, -0.2) is 4.79 Å². The van der Waals surface area contributed by atoms with E-state index in [9.17, 15) is 22.8 Å². The first-order valence-corrected chi connectivity index (χ1v) is 7.69. The maximum atomic E-state index is 13.0. The molecule has 1 aliphatic rings. The third kappa shape index (κ3) is 4.62. The summed E-state index contributed by atoms with van der Waals surface area (Å²) < 4.78 is 44.0. The molecule has 0 radical (unpaired) electrons. The zero-order chi connectivity index (χ0) is 17.7. The van der Waals surface area contributed by atoms with Crippen LogP contribution in [0, 0.1) is 5.92 Å². The van der Waals surface area contributed by atoms with E-state index >= 15 is 0 Å². The summed E-state index contributed by atoms with van der Waals surface area (Å²) in [6.45, 7) is 2.38. The molecule has 2 atom stereocenters. The topological polar surface area (TPSA) is 67.4 Å². The Balaban J connectivity index is 1.83. The first kappa shape index (κ1) is 18.1. The smallest absolute Gasteiger partial charge is 0.416 e. The first-order chi connectivity index (χ1) is 11.3. The van der Waals surface area contributed by atoms with Gasteiger partial charge in [0.1, 0.15) is 6.61 Å². The number of hydrogen-bond donors (Lipinski definition) is 2. The maximum Gasteiger partial charge on any atom is 0.416 e. The number of nitrogens with one attached hydrogen (secondary N) is 2. The molecule has 2 unspecified atom stereocenters. The average Bonchev–Trinajstić information content (AvgIpc) is 3.31. The lowest BCUT2D eigenvalue weighted by Gasteiger charge is -2.12. The van der Waals surface area contributed by atoms with Crippen LogP contribution in [0.3, 0.4) is 0 Å². The second kappa shape index (κ2) is 7.55. The average molecular weight is 344 g/mol. The molecule has 1 aromatic rings. The molecule has 1 aromatic carbocycles. The number of carbonyl (C=O) groups excluding carboxylic acids is 2. The fourth-order valence-corrected chi connectivity index (χ4v) is 2.52. The van der Waals surface area contributed by atoms with Gasteiger partial charge in [0.15, 0.2) is 0 Å². The molecule has 1 saturated carbocycles. The summed E-state index contributed by atoms with van der Waals surface area (Å²) in [5.74, 6) is -1.56. The van der Waals surface area contributed by atoms with Crippen molar-refractivity contribution in [2.45, 2.75) is 25.4 Å². The summed E-state index contributed by atoms with van der Waals surface area (Å²) in [5.41, 5.74) is -0.574. The highest BCUT2D eigenvalue weighted by Gasteiger charge is 2.48. The van der Waals surface area contributed by atoms with Gasteiger partial charge in [0.25, 0.3) is 0 Å². The van der Waals surface area contributed by atoms with Crippen LogP contribution in [0.5, 0.6) is 0 Å². The van der Waals surface area contributed by atoms with Crippen molar-refractivity contribution in [1.82, 2.24) is 10.6 Å². The van der Waals surface area contributed by atoms with Gasteiger partial charge in [0.2, 0.25) is 0 Å². The highest BCUT2D eigenvalue weighted by molar-refractivity contribution is 5.77. The molecule has 8 heteroatoms. The van der Waals surface area contributed by atoms with Crippen molar-refractivity contribution < 1.29 is 27.5 Å². The molecule has 5 nitrogen and oxygen atoms in total. The normalized spacial score (nSPS) is 19.5. The minimum absolute atomic E-state index is 0.0138. The lowest BCUT2D eigenvalue weighted by atomic mass is 10.0. The van der Waals surface area contributed by atoms with Crippen molar-refractivity contribution in [2.75, 3.05) is 19.7 Å². The zero-order valence-electron chi connectivity index (χ0n) is 13.2. The van der Waals surface area contributed by atoms with Crippen LogP contribution >= 0.6 is 0 Å². The lowest BCUT2D eigenvalue weighted by molar-refractivity contribution is -0.145. The predicted molar refractivity (Wildman–Crippen MR) is 80.3 cm³/mol. The van der Waals surface area contributed by atoms with Crippen LogP contribution < -0.4 is 10.6 Å². The van der Waals surface area contributed by atoms with Crippen LogP contribution in [-0.4, -0.2) is 31.7 Å². The summed E-state index contributed by atoms with van der Waals surface area (Å²) in [6, 6.07) is 4.91. The van der Waals surface area contributed by atoms with Crippen molar-refractivity contribution in [2.24, 2.45) is 5.92 Å². The molecule has 132 valence electrons. The second-order valence-electron chi connectivity index (χ2n) is 5.49. The van der Waals surface area contributed by atoms with Gasteiger partial charge in [-0.3, -0.25) is 4.79 Å². The summed E-state index contributed by atoms with van der Waals surface area (Å²) >= 11 is 0. The second-order valence-corrected chi connectivity index (χ2v) is 5.49. The highest BCUT2D eigenvalue weighted by Crippen LogP contribution is 2.51. The Morgan fingerprint density at radius 3 is 2.62 bits per heavy atom. The van der Waals surface area contributed by atoms with Crippen molar-refractivity contribution in [3.8, 4) is 0 Å². The summed E-state index contributed by atoms with van der Waals surface area (Å²) in [4.78, 5) is 23.0. The molecule has 24 heavy (non-hydrogen) atoms. The fourth-order valence-electron chi connectivity index (χ4n) is 2.52. The Hall–Kier alpha value is -2.25. The van der Waals surface area contributed by atoms with E-state index in [1.165, 1.54) is 18.2 Å². The number of halogens is 3. The number of alkyl halides is 3. The summed E-state index contributed by atoms with van der Waals surface area (Å²) in [6.07, 6.45) is -4.10. The number of benzene rings is 1. The number of carbonyl (C=O) groups is 2. The number of hydrogen-bond acceptors (Lipinski definition) is 3. The van der Waals surface area contributed by atoms with Crippen molar-refractivity contribution in [3.05, 3.63) is 35.4 Å². The van der Waals surface area contributed by atoms with E-state index in [1.54, 1.807) is 6.92 Å². The molecule has 1 fully saturated rings.